The summed E-state index contributed by atoms with van der Waals surface area (Å²) in [4.78, 5) is 137. The molecule has 0 spiro atoms. The fourth-order valence-corrected chi connectivity index (χ4v) is 4.78. The molecule has 0 rings (SSSR count). The van der Waals surface area contributed by atoms with Crippen LogP contribution in [0, 0.1) is 5.92 Å². The first-order valence-electron chi connectivity index (χ1n) is 17.1. The van der Waals surface area contributed by atoms with E-state index in [1.807, 2.05) is 5.32 Å². The van der Waals surface area contributed by atoms with Crippen LogP contribution in [0.25, 0.3) is 0 Å². The molecule has 9 atom stereocenters. The molecule has 25 heteroatoms. The molecule has 0 heterocycles. The zero-order valence-electron chi connectivity index (χ0n) is 31.2. The molecular weight excluding hydrogens is 750 g/mol. The maximum atomic E-state index is 13.5. The second kappa shape index (κ2) is 23.8. The van der Waals surface area contributed by atoms with Gasteiger partial charge in [0.15, 0.2) is 6.04 Å². The summed E-state index contributed by atoms with van der Waals surface area (Å²) in [6, 6.07) is -12.1. The van der Waals surface area contributed by atoms with Crippen molar-refractivity contribution in [2.75, 3.05) is 0 Å². The van der Waals surface area contributed by atoms with Crippen molar-refractivity contribution in [1.29, 1.82) is 0 Å². The van der Waals surface area contributed by atoms with Crippen LogP contribution in [0.5, 0.6) is 0 Å². The minimum atomic E-state index is -1.91. The van der Waals surface area contributed by atoms with E-state index >= 15 is 0 Å². The van der Waals surface area contributed by atoms with Crippen LogP contribution in [0.2, 0.25) is 0 Å². The van der Waals surface area contributed by atoms with Gasteiger partial charge in [-0.1, -0.05) is 13.8 Å². The lowest BCUT2D eigenvalue weighted by molar-refractivity contribution is -0.145. The predicted molar refractivity (Wildman–Crippen MR) is 190 cm³/mol. The zero-order chi connectivity index (χ0) is 43.6. The summed E-state index contributed by atoms with van der Waals surface area (Å²) in [6.45, 7) is 5.42. The van der Waals surface area contributed by atoms with Gasteiger partial charge in [0.1, 0.15) is 30.2 Å². The summed E-state index contributed by atoms with van der Waals surface area (Å²) in [5, 5.41) is 42.2. The number of carbonyl (C=O) groups is 11. The number of amides is 10. The number of carboxylic acid groups (broad SMARTS) is 1. The third-order valence-corrected chi connectivity index (χ3v) is 7.60. The number of hydrogen-bond donors (Lipinski definition) is 14. The van der Waals surface area contributed by atoms with Gasteiger partial charge in [0.25, 0.3) is 0 Å². The van der Waals surface area contributed by atoms with Crippen LogP contribution < -0.4 is 60.6 Å². The van der Waals surface area contributed by atoms with Crippen molar-refractivity contribution in [3.63, 3.8) is 0 Å². The Morgan fingerprint density at radius 1 is 0.482 bits per heavy atom. The Labute approximate surface area is 320 Å². The maximum absolute atomic E-state index is 13.5. The van der Waals surface area contributed by atoms with Crippen LogP contribution in [-0.4, -0.2) is 135 Å². The first kappa shape index (κ1) is 50.1. The molecule has 316 valence electrons. The van der Waals surface area contributed by atoms with E-state index in [-0.39, 0.29) is 12.3 Å². The van der Waals surface area contributed by atoms with E-state index in [1.165, 1.54) is 0 Å². The molecule has 0 radical (unpaired) electrons. The lowest BCUT2D eigenvalue weighted by Crippen LogP contribution is -2.62. The quantitative estimate of drug-likeness (QED) is 0.0386. The number of aliphatic hydroxyl groups excluding tert-OH is 2. The minimum Gasteiger partial charge on any atom is -0.480 e. The fraction of sp³-hybridized carbons (Fsp3) is 0.645. The fourth-order valence-electron chi connectivity index (χ4n) is 4.78. The Kier molecular flexibility index (Phi) is 21.2. The van der Waals surface area contributed by atoms with Gasteiger partial charge in [-0.05, 0) is 32.6 Å². The van der Waals surface area contributed by atoms with E-state index < -0.39 is 152 Å². The van der Waals surface area contributed by atoms with Gasteiger partial charge in [-0.25, -0.2) is 4.79 Å². The third-order valence-electron chi connectivity index (χ3n) is 7.60. The Hall–Kier alpha value is -5.95. The SMILES string of the molecule is CC(C)C[C@H](NC(=O)[C@H](CC(N)=O)NC(=O)[C@H](CC(N)=O)NC(=O)[C@@H](NC(=O)[C@@H](N)CC(N)=O)[C@@H](C)O)C(=O)N[C@@H](CCC(N)=O)C(=O)N[C@H](C(=O)O)[C@@H](C)O. The molecule has 0 aliphatic carbocycles. The van der Waals surface area contributed by atoms with E-state index in [4.69, 9.17) is 28.7 Å². The number of nitrogens with one attached hydrogen (secondary N) is 6. The van der Waals surface area contributed by atoms with Crippen LogP contribution in [0.15, 0.2) is 0 Å². The summed E-state index contributed by atoms with van der Waals surface area (Å²) in [7, 11) is 0. The number of carboxylic acids is 1. The van der Waals surface area contributed by atoms with Crippen molar-refractivity contribution in [3.05, 3.63) is 0 Å². The van der Waals surface area contributed by atoms with E-state index in [0.29, 0.717) is 0 Å². The Bertz CT molecular complexity index is 1490. The number of carbonyl (C=O) groups excluding carboxylic acids is 10. The first-order valence-corrected chi connectivity index (χ1v) is 17.1. The summed E-state index contributed by atoms with van der Waals surface area (Å²) in [5.74, 6) is -13.2. The van der Waals surface area contributed by atoms with Crippen LogP contribution in [-0.2, 0) is 52.7 Å². The molecule has 0 saturated carbocycles. The summed E-state index contributed by atoms with van der Waals surface area (Å²) in [6.07, 6.45) is -6.72. The van der Waals surface area contributed by atoms with Gasteiger partial charge >= 0.3 is 5.97 Å². The molecule has 0 saturated heterocycles. The molecule has 56 heavy (non-hydrogen) atoms. The number of primary amides is 4. The second-order valence-electron chi connectivity index (χ2n) is 13.3. The maximum Gasteiger partial charge on any atom is 0.328 e. The number of aliphatic carboxylic acids is 1. The van der Waals surface area contributed by atoms with Crippen molar-refractivity contribution < 1.29 is 68.1 Å². The molecule has 0 fully saturated rings. The van der Waals surface area contributed by atoms with Gasteiger partial charge in [-0.2, -0.15) is 0 Å². The summed E-state index contributed by atoms with van der Waals surface area (Å²) >= 11 is 0. The molecule has 0 aromatic heterocycles. The highest BCUT2D eigenvalue weighted by Gasteiger charge is 2.36. The lowest BCUT2D eigenvalue weighted by atomic mass is 10.0. The predicted octanol–water partition coefficient (Wildman–Crippen LogP) is -7.99. The van der Waals surface area contributed by atoms with Gasteiger partial charge in [-0.15, -0.1) is 0 Å². The highest BCUT2D eigenvalue weighted by atomic mass is 16.4. The number of rotatable bonds is 26. The summed E-state index contributed by atoms with van der Waals surface area (Å²) < 4.78 is 0. The van der Waals surface area contributed by atoms with Gasteiger partial charge < -0.3 is 75.9 Å². The Balaban J connectivity index is 6.38. The van der Waals surface area contributed by atoms with Crippen LogP contribution in [0.4, 0.5) is 0 Å². The second-order valence-corrected chi connectivity index (χ2v) is 13.3. The molecule has 0 aliphatic rings. The molecule has 0 bridgehead atoms. The van der Waals surface area contributed by atoms with Gasteiger partial charge in [0, 0.05) is 6.42 Å². The molecule has 0 aromatic carbocycles. The molecule has 10 amide bonds. The van der Waals surface area contributed by atoms with Crippen molar-refractivity contribution in [3.8, 4) is 0 Å². The molecule has 25 nitrogen and oxygen atoms in total. The molecule has 0 aliphatic heterocycles. The zero-order valence-corrected chi connectivity index (χ0v) is 31.2. The third kappa shape index (κ3) is 18.9. The largest absolute Gasteiger partial charge is 0.480 e. The number of hydrogen-bond acceptors (Lipinski definition) is 14. The van der Waals surface area contributed by atoms with E-state index in [0.717, 1.165) is 13.8 Å². The highest BCUT2D eigenvalue weighted by Crippen LogP contribution is 2.09. The Morgan fingerprint density at radius 3 is 1.25 bits per heavy atom. The normalized spacial score (nSPS) is 15.8. The molecule has 0 unspecified atom stereocenters. The van der Waals surface area contributed by atoms with Crippen molar-refractivity contribution in [1.82, 2.24) is 31.9 Å². The average Bonchev–Trinajstić information content (AvgIpc) is 3.04. The summed E-state index contributed by atoms with van der Waals surface area (Å²) in [5.41, 5.74) is 26.3. The van der Waals surface area contributed by atoms with E-state index in [2.05, 4.69) is 26.6 Å². The minimum absolute atomic E-state index is 0.139. The standard InChI is InChI=1S/C31H53N11O14/c1-11(2)7-16(27(51)37-15(5-6-19(33)45)26(50)42-24(13(4)44)31(55)56)38-28(52)17(9-21(35)47)39-29(53)18(10-22(36)48)40-30(54)23(12(3)43)41-25(49)14(32)8-20(34)46/h11-18,23-24,43-44H,5-10,32H2,1-4H3,(H2,33,45)(H2,34,46)(H2,35,47)(H2,36,48)(H,37,51)(H,38,52)(H,39,53)(H,40,54)(H,41,49)(H,42,50)(H,55,56)/t12-,13-,14+,15+,16+,17+,18+,23+,24+/m1/s1. The van der Waals surface area contributed by atoms with Gasteiger partial charge in [-0.3, -0.25) is 47.9 Å². The van der Waals surface area contributed by atoms with Gasteiger partial charge in [0.05, 0.1) is 37.5 Å². The van der Waals surface area contributed by atoms with Crippen LogP contribution in [0.3, 0.4) is 0 Å². The van der Waals surface area contributed by atoms with E-state index in [1.54, 1.807) is 13.8 Å². The topological polar surface area (TPSA) is 451 Å². The Morgan fingerprint density at radius 2 is 0.857 bits per heavy atom. The van der Waals surface area contributed by atoms with Crippen molar-refractivity contribution in [2.45, 2.75) is 121 Å². The average molecular weight is 804 g/mol. The number of nitrogens with two attached hydrogens (primary N) is 5. The van der Waals surface area contributed by atoms with Crippen LogP contribution in [0.1, 0.15) is 66.2 Å². The van der Waals surface area contributed by atoms with Crippen molar-refractivity contribution >= 4 is 65.0 Å². The molecule has 0 aromatic rings. The highest BCUT2D eigenvalue weighted by molar-refractivity contribution is 5.99. The monoisotopic (exact) mass is 803 g/mol. The smallest absolute Gasteiger partial charge is 0.328 e. The first-order chi connectivity index (χ1) is 25.8. The van der Waals surface area contributed by atoms with Gasteiger partial charge in [0.2, 0.25) is 59.1 Å². The molecular formula is C31H53N11O14. The number of aliphatic hydroxyl groups is 2. The van der Waals surface area contributed by atoms with E-state index in [9.17, 15) is 68.1 Å². The molecule has 19 N–H and O–H groups in total. The lowest BCUT2D eigenvalue weighted by Gasteiger charge is -2.28. The van der Waals surface area contributed by atoms with Crippen molar-refractivity contribution in [2.24, 2.45) is 34.6 Å². The van der Waals surface area contributed by atoms with Crippen LogP contribution >= 0.6 is 0 Å².